The van der Waals surface area contributed by atoms with Gasteiger partial charge in [0.25, 0.3) is 0 Å². The van der Waals surface area contributed by atoms with Crippen LogP contribution in [-0.2, 0) is 6.54 Å². The number of amides is 2. The van der Waals surface area contributed by atoms with Gasteiger partial charge in [0.2, 0.25) is 0 Å². The van der Waals surface area contributed by atoms with Crippen molar-refractivity contribution in [1.82, 2.24) is 25.4 Å². The zero-order chi connectivity index (χ0) is 15.1. The molecule has 1 fully saturated rings. The van der Waals surface area contributed by atoms with E-state index in [2.05, 4.69) is 27.6 Å². The minimum atomic E-state index is -0.0729. The van der Waals surface area contributed by atoms with Crippen molar-refractivity contribution < 1.29 is 4.79 Å². The van der Waals surface area contributed by atoms with Crippen LogP contribution in [0.25, 0.3) is 0 Å². The van der Waals surface area contributed by atoms with Gasteiger partial charge in [-0.05, 0) is 25.5 Å². The Morgan fingerprint density at radius 3 is 3.00 bits per heavy atom. The lowest BCUT2D eigenvalue weighted by Crippen LogP contribution is -2.50. The minimum absolute atomic E-state index is 0.0209. The minimum Gasteiger partial charge on any atom is -0.334 e. The Morgan fingerprint density at radius 2 is 2.29 bits per heavy atom. The molecule has 1 aromatic heterocycles. The van der Waals surface area contributed by atoms with Crippen molar-refractivity contribution in [2.24, 2.45) is 0 Å². The van der Waals surface area contributed by atoms with E-state index in [1.54, 1.807) is 11.0 Å². The van der Waals surface area contributed by atoms with Gasteiger partial charge in [-0.3, -0.25) is 4.68 Å². The number of hydrogen-bond donors (Lipinski definition) is 2. The number of nitrogens with zero attached hydrogens (tertiary/aromatic N) is 3. The highest BCUT2D eigenvalue weighted by Crippen LogP contribution is 2.28. The molecule has 2 N–H and O–H groups in total. The van der Waals surface area contributed by atoms with E-state index in [0.717, 1.165) is 12.2 Å². The van der Waals surface area contributed by atoms with E-state index < -0.39 is 0 Å². The Hall–Kier alpha value is -1.24. The van der Waals surface area contributed by atoms with Crippen molar-refractivity contribution in [3.63, 3.8) is 0 Å². The maximum atomic E-state index is 12.1. The highest BCUT2D eigenvalue weighted by atomic mass is 32.2. The first-order valence-corrected chi connectivity index (χ1v) is 8.75. The molecule has 118 valence electrons. The maximum Gasteiger partial charge on any atom is 0.315 e. The van der Waals surface area contributed by atoms with E-state index in [1.165, 1.54) is 25.6 Å². The molecule has 7 heteroatoms. The van der Waals surface area contributed by atoms with Crippen LogP contribution in [0.4, 0.5) is 4.79 Å². The van der Waals surface area contributed by atoms with Crippen molar-refractivity contribution >= 4 is 17.8 Å². The van der Waals surface area contributed by atoms with Gasteiger partial charge in [0, 0.05) is 17.3 Å². The Kier molecular flexibility index (Phi) is 6.35. The summed E-state index contributed by atoms with van der Waals surface area (Å²) in [5, 5.41) is 10.7. The number of carbonyl (C=O) groups is 1. The van der Waals surface area contributed by atoms with Crippen molar-refractivity contribution in [2.45, 2.75) is 63.4 Å². The Morgan fingerprint density at radius 1 is 1.48 bits per heavy atom. The van der Waals surface area contributed by atoms with Gasteiger partial charge >= 0.3 is 6.03 Å². The molecule has 2 rings (SSSR count). The predicted octanol–water partition coefficient (Wildman–Crippen LogP) is 2.03. The molecule has 0 unspecified atom stereocenters. The SMILES string of the molecule is CCS[C@@H]1CCCC[C@H]1NC(=O)N[C@H](C)Cn1cncn1. The van der Waals surface area contributed by atoms with Crippen LogP contribution in [0.2, 0.25) is 0 Å². The lowest BCUT2D eigenvalue weighted by molar-refractivity contribution is 0.228. The summed E-state index contributed by atoms with van der Waals surface area (Å²) in [6.07, 6.45) is 7.94. The van der Waals surface area contributed by atoms with Crippen LogP contribution in [0.15, 0.2) is 12.7 Å². The van der Waals surface area contributed by atoms with Crippen LogP contribution < -0.4 is 10.6 Å². The molecule has 6 nitrogen and oxygen atoms in total. The normalized spacial score (nSPS) is 23.5. The number of rotatable bonds is 6. The summed E-state index contributed by atoms with van der Waals surface area (Å²) in [4.78, 5) is 16.0. The third-order valence-corrected chi connectivity index (χ3v) is 5.03. The summed E-state index contributed by atoms with van der Waals surface area (Å²) in [5.41, 5.74) is 0. The van der Waals surface area contributed by atoms with Crippen molar-refractivity contribution in [2.75, 3.05) is 5.75 Å². The average Bonchev–Trinajstić information content (AvgIpc) is 2.93. The Balaban J connectivity index is 1.77. The zero-order valence-corrected chi connectivity index (χ0v) is 13.6. The van der Waals surface area contributed by atoms with Gasteiger partial charge in [0.1, 0.15) is 12.7 Å². The smallest absolute Gasteiger partial charge is 0.315 e. The lowest BCUT2D eigenvalue weighted by Gasteiger charge is -2.32. The average molecular weight is 311 g/mol. The molecule has 0 aromatic carbocycles. The fourth-order valence-corrected chi connectivity index (χ4v) is 3.96. The zero-order valence-electron chi connectivity index (χ0n) is 12.8. The van der Waals surface area contributed by atoms with Crippen LogP contribution in [0.5, 0.6) is 0 Å². The fraction of sp³-hybridized carbons (Fsp3) is 0.786. The molecular formula is C14H25N5OS. The highest BCUT2D eigenvalue weighted by Gasteiger charge is 2.26. The van der Waals surface area contributed by atoms with E-state index in [1.807, 2.05) is 18.7 Å². The molecule has 0 radical (unpaired) electrons. The maximum absolute atomic E-state index is 12.1. The van der Waals surface area contributed by atoms with Crippen LogP contribution >= 0.6 is 11.8 Å². The van der Waals surface area contributed by atoms with Gasteiger partial charge in [-0.25, -0.2) is 9.78 Å². The van der Waals surface area contributed by atoms with E-state index in [-0.39, 0.29) is 12.1 Å². The van der Waals surface area contributed by atoms with E-state index >= 15 is 0 Å². The Bertz CT molecular complexity index is 423. The molecule has 0 saturated heterocycles. The first-order chi connectivity index (χ1) is 10.2. The third kappa shape index (κ3) is 5.22. The molecule has 0 spiro atoms. The number of thioether (sulfide) groups is 1. The van der Waals surface area contributed by atoms with Crippen LogP contribution in [0, 0.1) is 0 Å². The molecule has 1 aliphatic carbocycles. The molecule has 2 amide bonds. The molecular weight excluding hydrogens is 286 g/mol. The first kappa shape index (κ1) is 16.1. The summed E-state index contributed by atoms with van der Waals surface area (Å²) in [6.45, 7) is 4.78. The predicted molar refractivity (Wildman–Crippen MR) is 85.3 cm³/mol. The standard InChI is InChI=1S/C14H25N5OS/c1-3-21-13-7-5-4-6-12(13)18-14(20)17-11(2)8-19-10-15-9-16-19/h9-13H,3-8H2,1-2H3,(H2,17,18,20)/t11-,12-,13-/m1/s1. The van der Waals surface area contributed by atoms with Gasteiger partial charge in [-0.15, -0.1) is 0 Å². The second-order valence-electron chi connectivity index (χ2n) is 5.52. The third-order valence-electron chi connectivity index (χ3n) is 3.70. The largest absolute Gasteiger partial charge is 0.334 e. The lowest BCUT2D eigenvalue weighted by atomic mass is 9.95. The monoisotopic (exact) mass is 311 g/mol. The van der Waals surface area contributed by atoms with E-state index in [9.17, 15) is 4.79 Å². The molecule has 1 aromatic rings. The number of urea groups is 1. The second kappa shape index (κ2) is 8.26. The highest BCUT2D eigenvalue weighted by molar-refractivity contribution is 7.99. The molecule has 0 bridgehead atoms. The van der Waals surface area contributed by atoms with Crippen LogP contribution in [0.3, 0.4) is 0 Å². The second-order valence-corrected chi connectivity index (χ2v) is 7.04. The van der Waals surface area contributed by atoms with Gasteiger partial charge in [0.05, 0.1) is 6.54 Å². The molecule has 21 heavy (non-hydrogen) atoms. The molecule has 3 atom stereocenters. The summed E-state index contributed by atoms with van der Waals surface area (Å²) in [6, 6.07) is 0.242. The van der Waals surface area contributed by atoms with Crippen LogP contribution in [-0.4, -0.2) is 43.9 Å². The quantitative estimate of drug-likeness (QED) is 0.843. The van der Waals surface area contributed by atoms with E-state index in [0.29, 0.717) is 17.8 Å². The van der Waals surface area contributed by atoms with Crippen molar-refractivity contribution in [3.05, 3.63) is 12.7 Å². The summed E-state index contributed by atoms with van der Waals surface area (Å²) in [5.74, 6) is 1.10. The van der Waals surface area contributed by atoms with Crippen molar-refractivity contribution in [3.8, 4) is 0 Å². The number of carbonyl (C=O) groups excluding carboxylic acids is 1. The van der Waals surface area contributed by atoms with E-state index in [4.69, 9.17) is 0 Å². The first-order valence-electron chi connectivity index (χ1n) is 7.70. The number of nitrogens with one attached hydrogen (secondary N) is 2. The summed E-state index contributed by atoms with van der Waals surface area (Å²) in [7, 11) is 0. The van der Waals surface area contributed by atoms with Crippen molar-refractivity contribution in [1.29, 1.82) is 0 Å². The molecule has 0 aliphatic heterocycles. The van der Waals surface area contributed by atoms with Gasteiger partial charge in [0.15, 0.2) is 0 Å². The van der Waals surface area contributed by atoms with Gasteiger partial charge in [-0.1, -0.05) is 19.8 Å². The molecule has 1 heterocycles. The fourth-order valence-electron chi connectivity index (χ4n) is 2.76. The van der Waals surface area contributed by atoms with Gasteiger partial charge in [-0.2, -0.15) is 16.9 Å². The number of aromatic nitrogens is 3. The Labute approximate surface area is 130 Å². The van der Waals surface area contributed by atoms with Crippen LogP contribution in [0.1, 0.15) is 39.5 Å². The summed E-state index contributed by atoms with van der Waals surface area (Å²) >= 11 is 1.96. The molecule has 1 aliphatic rings. The molecule has 1 saturated carbocycles. The topological polar surface area (TPSA) is 71.8 Å². The van der Waals surface area contributed by atoms with Gasteiger partial charge < -0.3 is 10.6 Å². The summed E-state index contributed by atoms with van der Waals surface area (Å²) < 4.78 is 1.72. The number of hydrogen-bond acceptors (Lipinski definition) is 4.